The normalized spacial score (nSPS) is 33.3. The lowest BCUT2D eigenvalue weighted by Gasteiger charge is -2.67. The summed E-state index contributed by atoms with van der Waals surface area (Å²) in [6, 6.07) is 14.8. The lowest BCUT2D eigenvalue weighted by atomic mass is 9.44. The molecule has 59 heavy (non-hydrogen) atoms. The second-order valence-electron chi connectivity index (χ2n) is 17.8. The lowest BCUT2D eigenvalue weighted by molar-refractivity contribution is -0.347. The van der Waals surface area contributed by atoms with Gasteiger partial charge in [0.15, 0.2) is 17.5 Å². The predicted molar refractivity (Wildman–Crippen MR) is 208 cm³/mol. The van der Waals surface area contributed by atoms with Crippen molar-refractivity contribution in [2.24, 2.45) is 16.7 Å². The van der Waals surface area contributed by atoms with Gasteiger partial charge in [-0.1, -0.05) is 62.4 Å². The van der Waals surface area contributed by atoms with E-state index < -0.39 is 112 Å². The van der Waals surface area contributed by atoms with E-state index in [1.807, 2.05) is 0 Å². The van der Waals surface area contributed by atoms with Crippen LogP contribution in [0.4, 0.5) is 4.79 Å². The minimum absolute atomic E-state index is 0.00108. The Labute approximate surface area is 343 Å². The molecule has 4 aliphatic rings. The summed E-state index contributed by atoms with van der Waals surface area (Å²) < 4.78 is 35.9. The number of fused-ring (bicyclic) bond motifs is 5. The zero-order valence-corrected chi connectivity index (χ0v) is 34.8. The van der Waals surface area contributed by atoms with Crippen LogP contribution in [0.25, 0.3) is 0 Å². The van der Waals surface area contributed by atoms with Gasteiger partial charge in [-0.05, 0) is 63.5 Å². The van der Waals surface area contributed by atoms with Crippen LogP contribution in [0.5, 0.6) is 0 Å². The molecule has 15 heteroatoms. The topological polar surface area (TPSA) is 213 Å². The fourth-order valence-corrected chi connectivity index (χ4v) is 9.88. The second kappa shape index (κ2) is 15.7. The van der Waals surface area contributed by atoms with Gasteiger partial charge in [-0.15, -0.1) is 0 Å². The van der Waals surface area contributed by atoms with Crippen molar-refractivity contribution in [3.8, 4) is 0 Å². The number of Topliss-reactive ketones (excluding diaryl/α,β-unsaturated/α-hetero) is 1. The van der Waals surface area contributed by atoms with Crippen molar-refractivity contribution in [3.05, 3.63) is 82.9 Å². The predicted octanol–water partition coefficient (Wildman–Crippen LogP) is 3.91. The summed E-state index contributed by atoms with van der Waals surface area (Å²) >= 11 is 0. The van der Waals surface area contributed by atoms with Gasteiger partial charge in [0.2, 0.25) is 0 Å². The number of hydrogen-bond donors (Lipinski definition) is 4. The number of alkyl carbamates (subject to hydrolysis) is 1. The number of carbonyl (C=O) groups is 5. The van der Waals surface area contributed by atoms with Crippen LogP contribution in [0.2, 0.25) is 0 Å². The highest BCUT2D eigenvalue weighted by Crippen LogP contribution is 2.64. The average molecular weight is 822 g/mol. The molecule has 2 aromatic rings. The molecule has 3 aliphatic carbocycles. The summed E-state index contributed by atoms with van der Waals surface area (Å²) in [5.74, 6) is -4.98. The fraction of sp³-hybridized carbons (Fsp3) is 0.568. The van der Waals surface area contributed by atoms with Gasteiger partial charge in [-0.3, -0.25) is 9.59 Å². The maximum absolute atomic E-state index is 15.2. The van der Waals surface area contributed by atoms with Gasteiger partial charge in [-0.25, -0.2) is 14.4 Å². The monoisotopic (exact) mass is 821 g/mol. The third-order valence-electron chi connectivity index (χ3n) is 12.8. The van der Waals surface area contributed by atoms with Crippen LogP contribution in [0.15, 0.2) is 71.8 Å². The van der Waals surface area contributed by atoms with Gasteiger partial charge in [0.1, 0.15) is 35.6 Å². The average Bonchev–Trinajstić information content (AvgIpc) is 3.16. The Bertz CT molecular complexity index is 1990. The van der Waals surface area contributed by atoms with E-state index in [1.54, 1.807) is 97.0 Å². The molecule has 0 spiro atoms. The van der Waals surface area contributed by atoms with Crippen molar-refractivity contribution >= 4 is 29.8 Å². The number of hydrogen-bond acceptors (Lipinski definition) is 14. The number of nitrogens with one attached hydrogen (secondary N) is 1. The molecule has 6 rings (SSSR count). The van der Waals surface area contributed by atoms with E-state index in [-0.39, 0.29) is 29.7 Å². The van der Waals surface area contributed by atoms with E-state index in [1.165, 1.54) is 26.2 Å². The van der Waals surface area contributed by atoms with Gasteiger partial charge in [-0.2, -0.15) is 0 Å². The number of aliphatic hydroxyl groups is 3. The smallest absolute Gasteiger partial charge is 0.408 e. The Hall–Kier alpha value is -4.67. The molecule has 0 unspecified atom stereocenters. The van der Waals surface area contributed by atoms with Crippen molar-refractivity contribution in [3.63, 3.8) is 0 Å². The molecule has 11 atom stereocenters. The molecule has 4 N–H and O–H groups in total. The Morgan fingerprint density at radius 2 is 1.58 bits per heavy atom. The molecular formula is C44H55NO14. The van der Waals surface area contributed by atoms with Crippen LogP contribution < -0.4 is 5.32 Å². The van der Waals surface area contributed by atoms with E-state index in [2.05, 4.69) is 5.32 Å². The Morgan fingerprint density at radius 3 is 2.12 bits per heavy atom. The quantitative estimate of drug-likeness (QED) is 0.161. The standard InChI is InChI=1S/C44H55NO14/c1-23-27(56-38(51)33(48)31(25-16-12-10-13-17-25)45-39(52)59-40(3,4)5)21-44(53)36(57-37(50)26-18-14-11-15-19-26)34-42(8,35(49)32(47)30(23)41(44,6)7)28(54-9)20-29-43(34,22-55-29)58-24(2)46/h10-19,27-29,31-34,36,47-48,53H,20-22H2,1-9H3,(H,45,52)/t27-,28-,29+,31-,32+,33-,34-,36-,42+,43-,44+/m0/s1. The molecule has 0 radical (unpaired) electrons. The third-order valence-corrected chi connectivity index (χ3v) is 12.8. The Morgan fingerprint density at radius 1 is 0.966 bits per heavy atom. The number of ketones is 1. The Balaban J connectivity index is 1.50. The summed E-state index contributed by atoms with van der Waals surface area (Å²) in [6.07, 6.45) is -10.3. The zero-order valence-electron chi connectivity index (χ0n) is 34.8. The van der Waals surface area contributed by atoms with E-state index in [4.69, 9.17) is 28.4 Å². The number of benzene rings is 2. The molecule has 3 fully saturated rings. The number of amides is 1. The van der Waals surface area contributed by atoms with Gasteiger partial charge in [0, 0.05) is 32.3 Å². The molecule has 320 valence electrons. The molecule has 1 amide bonds. The zero-order chi connectivity index (χ0) is 43.5. The summed E-state index contributed by atoms with van der Waals surface area (Å²) in [5.41, 5.74) is -7.57. The van der Waals surface area contributed by atoms with Crippen LogP contribution in [0, 0.1) is 16.7 Å². The SMILES string of the molecule is CO[C@H]1C[C@H]2OC[C@@]2(OC(C)=O)[C@H]2[C@H](OC(=O)c3ccccc3)[C@]3(O)C[C@H](OC(=O)[C@@H](O)[C@@H](NC(=O)OC(C)(C)C)c4ccccc4)C(C)=C([C@@H](O)C(=O)[C@]12C)C3(C)C. The fourth-order valence-electron chi connectivity index (χ4n) is 9.88. The molecule has 1 saturated heterocycles. The first-order chi connectivity index (χ1) is 27.5. The van der Waals surface area contributed by atoms with Gasteiger partial charge in [0.25, 0.3) is 0 Å². The molecule has 0 aromatic heterocycles. The molecule has 2 aromatic carbocycles. The summed E-state index contributed by atoms with van der Waals surface area (Å²) in [5, 5.41) is 40.1. The Kier molecular flexibility index (Phi) is 11.7. The summed E-state index contributed by atoms with van der Waals surface area (Å²) in [4.78, 5) is 69.4. The molecule has 1 heterocycles. The maximum Gasteiger partial charge on any atom is 0.408 e. The highest BCUT2D eigenvalue weighted by molar-refractivity contribution is 5.94. The van der Waals surface area contributed by atoms with Gasteiger partial charge in [0.05, 0.1) is 35.6 Å². The number of ether oxygens (including phenoxy) is 6. The van der Waals surface area contributed by atoms with E-state index in [0.717, 1.165) is 0 Å². The number of rotatable bonds is 9. The first-order valence-corrected chi connectivity index (χ1v) is 19.7. The lowest BCUT2D eigenvalue weighted by Crippen LogP contribution is -2.82. The van der Waals surface area contributed by atoms with Crippen LogP contribution in [0.3, 0.4) is 0 Å². The van der Waals surface area contributed by atoms with Gasteiger partial charge < -0.3 is 49.1 Å². The molecule has 15 nitrogen and oxygen atoms in total. The minimum Gasteiger partial charge on any atom is -0.456 e. The van der Waals surface area contributed by atoms with Crippen LogP contribution in [-0.2, 0) is 42.8 Å². The van der Waals surface area contributed by atoms with E-state index in [9.17, 15) is 34.5 Å². The van der Waals surface area contributed by atoms with E-state index in [0.29, 0.717) is 5.56 Å². The third kappa shape index (κ3) is 7.45. The molecule has 2 saturated carbocycles. The van der Waals surface area contributed by atoms with Gasteiger partial charge >= 0.3 is 24.0 Å². The van der Waals surface area contributed by atoms with Crippen molar-refractivity contribution in [1.82, 2.24) is 5.32 Å². The largest absolute Gasteiger partial charge is 0.456 e. The highest BCUT2D eigenvalue weighted by atomic mass is 16.6. The van der Waals surface area contributed by atoms with Crippen molar-refractivity contribution in [2.45, 2.75) is 128 Å². The number of aliphatic hydroxyl groups excluding tert-OH is 2. The second-order valence-corrected chi connectivity index (χ2v) is 17.8. The first-order valence-electron chi connectivity index (χ1n) is 19.7. The maximum atomic E-state index is 15.2. The van der Waals surface area contributed by atoms with Crippen LogP contribution in [-0.4, -0.2) is 112 Å². The highest BCUT2D eigenvalue weighted by Gasteiger charge is 2.78. The summed E-state index contributed by atoms with van der Waals surface area (Å²) in [6.45, 7) is 12.2. The van der Waals surface area contributed by atoms with Crippen molar-refractivity contribution < 1.29 is 67.7 Å². The van der Waals surface area contributed by atoms with Crippen molar-refractivity contribution in [2.75, 3.05) is 13.7 Å². The minimum atomic E-state index is -2.30. The van der Waals surface area contributed by atoms with Crippen molar-refractivity contribution in [1.29, 1.82) is 0 Å². The number of methoxy groups -OCH3 is 1. The number of carbonyl (C=O) groups excluding carboxylic acids is 5. The first kappa shape index (κ1) is 43.9. The molecule has 2 bridgehead atoms. The molecular weight excluding hydrogens is 766 g/mol. The molecule has 1 aliphatic heterocycles. The van der Waals surface area contributed by atoms with E-state index >= 15 is 4.79 Å². The summed E-state index contributed by atoms with van der Waals surface area (Å²) in [7, 11) is 1.39. The number of esters is 3. The van der Waals surface area contributed by atoms with Crippen LogP contribution >= 0.6 is 0 Å². The van der Waals surface area contributed by atoms with Crippen LogP contribution in [0.1, 0.15) is 90.2 Å².